The fraction of sp³-hybridized carbons (Fsp3) is 0.286. The number of aromatic amines is 2. The molecule has 0 atom stereocenters. The Morgan fingerprint density at radius 1 is 1.05 bits per heavy atom. The van der Waals surface area contributed by atoms with Gasteiger partial charge in [-0.25, -0.2) is 4.79 Å². The summed E-state index contributed by atoms with van der Waals surface area (Å²) in [5, 5.41) is 0. The number of aromatic nitrogens is 2. The number of hydrogen-bond donors (Lipinski definition) is 2. The summed E-state index contributed by atoms with van der Waals surface area (Å²) in [6, 6.07) is 8.08. The van der Waals surface area contributed by atoms with Crippen molar-refractivity contribution in [3.8, 4) is 0 Å². The third-order valence-electron chi connectivity index (χ3n) is 2.73. The van der Waals surface area contributed by atoms with E-state index >= 15 is 0 Å². The lowest BCUT2D eigenvalue weighted by molar-refractivity contribution is 0.590. The lowest BCUT2D eigenvalue weighted by atomic mass is 9.87. The predicted octanol–water partition coefficient (Wildman–Crippen LogP) is 2.51. The average Bonchev–Trinajstić information content (AvgIpc) is 2.32. The second-order valence-electron chi connectivity index (χ2n) is 5.31. The Hall–Kier alpha value is -1.75. The first-order valence-corrected chi connectivity index (χ1v) is 6.78. The third-order valence-corrected chi connectivity index (χ3v) is 3.76. The van der Waals surface area contributed by atoms with E-state index in [0.29, 0.717) is 4.90 Å². The maximum absolute atomic E-state index is 11.6. The molecule has 0 unspecified atom stereocenters. The van der Waals surface area contributed by atoms with Crippen molar-refractivity contribution in [3.63, 3.8) is 0 Å². The molecule has 100 valence electrons. The third kappa shape index (κ3) is 3.38. The van der Waals surface area contributed by atoms with E-state index in [1.54, 1.807) is 0 Å². The zero-order chi connectivity index (χ0) is 14.0. The number of rotatable bonds is 2. The van der Waals surface area contributed by atoms with Crippen LogP contribution in [0.1, 0.15) is 26.3 Å². The van der Waals surface area contributed by atoms with Crippen molar-refractivity contribution in [1.82, 2.24) is 9.97 Å². The van der Waals surface area contributed by atoms with Crippen LogP contribution in [0.5, 0.6) is 0 Å². The van der Waals surface area contributed by atoms with Gasteiger partial charge in [0, 0.05) is 11.1 Å². The van der Waals surface area contributed by atoms with E-state index < -0.39 is 5.69 Å². The van der Waals surface area contributed by atoms with E-state index in [1.807, 2.05) is 12.1 Å². The van der Waals surface area contributed by atoms with Gasteiger partial charge in [0.25, 0.3) is 5.56 Å². The lowest BCUT2D eigenvalue weighted by Crippen LogP contribution is -2.22. The van der Waals surface area contributed by atoms with E-state index in [4.69, 9.17) is 0 Å². The summed E-state index contributed by atoms with van der Waals surface area (Å²) in [4.78, 5) is 28.6. The molecule has 0 aliphatic rings. The minimum atomic E-state index is -0.488. The molecular formula is C14H16N2O2S. The maximum atomic E-state index is 11.6. The molecule has 0 aliphatic heterocycles. The van der Waals surface area contributed by atoms with Crippen molar-refractivity contribution in [2.45, 2.75) is 36.0 Å². The Bertz CT molecular complexity index is 678. The standard InChI is InChI=1S/C14H16N2O2S/c1-14(2,3)9-4-6-10(7-5-9)19-11-8-15-13(18)16-12(11)17/h4-8H,1-3H3,(H2,15,16,17,18). The topological polar surface area (TPSA) is 65.7 Å². The molecule has 0 amide bonds. The number of benzene rings is 1. The van der Waals surface area contributed by atoms with Crippen molar-refractivity contribution >= 4 is 11.8 Å². The fourth-order valence-electron chi connectivity index (χ4n) is 1.62. The molecule has 4 nitrogen and oxygen atoms in total. The first kappa shape index (κ1) is 13.7. The molecule has 0 saturated heterocycles. The summed E-state index contributed by atoms with van der Waals surface area (Å²) in [6.45, 7) is 6.46. The van der Waals surface area contributed by atoms with Gasteiger partial charge < -0.3 is 4.98 Å². The van der Waals surface area contributed by atoms with Crippen LogP contribution < -0.4 is 11.2 Å². The van der Waals surface area contributed by atoms with Crippen LogP contribution in [0, 0.1) is 0 Å². The Balaban J connectivity index is 2.25. The van der Waals surface area contributed by atoms with E-state index in [9.17, 15) is 9.59 Å². The van der Waals surface area contributed by atoms with Gasteiger partial charge >= 0.3 is 5.69 Å². The molecule has 0 saturated carbocycles. The van der Waals surface area contributed by atoms with Gasteiger partial charge in [0.2, 0.25) is 0 Å². The van der Waals surface area contributed by atoms with E-state index in [0.717, 1.165) is 4.90 Å². The zero-order valence-electron chi connectivity index (χ0n) is 11.1. The van der Waals surface area contributed by atoms with E-state index in [1.165, 1.54) is 23.5 Å². The maximum Gasteiger partial charge on any atom is 0.325 e. The predicted molar refractivity (Wildman–Crippen MR) is 76.9 cm³/mol. The number of H-pyrrole nitrogens is 2. The molecule has 2 N–H and O–H groups in total. The molecule has 2 aromatic rings. The van der Waals surface area contributed by atoms with Crippen LogP contribution in [0.3, 0.4) is 0 Å². The van der Waals surface area contributed by atoms with Gasteiger partial charge in [0.1, 0.15) is 0 Å². The largest absolute Gasteiger partial charge is 0.325 e. The molecule has 19 heavy (non-hydrogen) atoms. The van der Waals surface area contributed by atoms with Gasteiger partial charge in [0.05, 0.1) is 4.90 Å². The van der Waals surface area contributed by atoms with Crippen molar-refractivity contribution in [2.24, 2.45) is 0 Å². The van der Waals surface area contributed by atoms with Crippen molar-refractivity contribution in [2.75, 3.05) is 0 Å². The van der Waals surface area contributed by atoms with Gasteiger partial charge in [-0.05, 0) is 23.1 Å². The van der Waals surface area contributed by atoms with Gasteiger partial charge in [-0.2, -0.15) is 0 Å². The number of hydrogen-bond acceptors (Lipinski definition) is 3. The Morgan fingerprint density at radius 3 is 2.21 bits per heavy atom. The SMILES string of the molecule is CC(C)(C)c1ccc(Sc2c[nH]c(=O)[nH]c2=O)cc1. The highest BCUT2D eigenvalue weighted by Crippen LogP contribution is 2.28. The molecule has 0 bridgehead atoms. The molecule has 1 aromatic carbocycles. The first-order chi connectivity index (χ1) is 8.86. The van der Waals surface area contributed by atoms with E-state index in [-0.39, 0.29) is 11.0 Å². The summed E-state index contributed by atoms with van der Waals surface area (Å²) in [7, 11) is 0. The summed E-state index contributed by atoms with van der Waals surface area (Å²) in [5.74, 6) is 0. The first-order valence-electron chi connectivity index (χ1n) is 5.97. The van der Waals surface area contributed by atoms with Crippen LogP contribution in [0.25, 0.3) is 0 Å². The summed E-state index contributed by atoms with van der Waals surface area (Å²) in [5.41, 5.74) is 0.497. The second-order valence-corrected chi connectivity index (χ2v) is 6.43. The molecule has 1 aromatic heterocycles. The van der Waals surface area contributed by atoms with Crippen molar-refractivity contribution in [3.05, 3.63) is 56.9 Å². The Kier molecular flexibility index (Phi) is 3.66. The highest BCUT2D eigenvalue weighted by atomic mass is 32.2. The molecule has 0 fully saturated rings. The quantitative estimate of drug-likeness (QED) is 0.885. The molecule has 2 rings (SSSR count). The van der Waals surface area contributed by atoms with Crippen molar-refractivity contribution < 1.29 is 0 Å². The minimum absolute atomic E-state index is 0.110. The van der Waals surface area contributed by atoms with Crippen LogP contribution >= 0.6 is 11.8 Å². The highest BCUT2D eigenvalue weighted by molar-refractivity contribution is 7.99. The molecule has 0 radical (unpaired) electrons. The highest BCUT2D eigenvalue weighted by Gasteiger charge is 2.13. The normalized spacial score (nSPS) is 11.5. The van der Waals surface area contributed by atoms with Crippen molar-refractivity contribution in [1.29, 1.82) is 0 Å². The van der Waals surface area contributed by atoms with Gasteiger partial charge in [-0.3, -0.25) is 9.78 Å². The molecule has 0 spiro atoms. The van der Waals surface area contributed by atoms with Gasteiger partial charge in [0.15, 0.2) is 0 Å². The monoisotopic (exact) mass is 276 g/mol. The van der Waals surface area contributed by atoms with Crippen LogP contribution in [0.2, 0.25) is 0 Å². The molecule has 5 heteroatoms. The molecular weight excluding hydrogens is 260 g/mol. The number of nitrogens with one attached hydrogen (secondary N) is 2. The Morgan fingerprint density at radius 2 is 1.68 bits per heavy atom. The average molecular weight is 276 g/mol. The molecule has 1 heterocycles. The summed E-state index contributed by atoms with van der Waals surface area (Å²) >= 11 is 1.33. The second kappa shape index (κ2) is 5.09. The summed E-state index contributed by atoms with van der Waals surface area (Å²) in [6.07, 6.45) is 1.43. The summed E-state index contributed by atoms with van der Waals surface area (Å²) < 4.78 is 0. The fourth-order valence-corrected chi connectivity index (χ4v) is 2.41. The Labute approximate surface area is 115 Å². The van der Waals surface area contributed by atoms with Gasteiger partial charge in [-0.1, -0.05) is 44.7 Å². The van der Waals surface area contributed by atoms with Crippen LogP contribution in [0.4, 0.5) is 0 Å². The van der Waals surface area contributed by atoms with Crippen LogP contribution in [0.15, 0.2) is 49.8 Å². The lowest BCUT2D eigenvalue weighted by Gasteiger charge is -2.18. The zero-order valence-corrected chi connectivity index (χ0v) is 11.9. The van der Waals surface area contributed by atoms with E-state index in [2.05, 4.69) is 42.9 Å². The molecule has 0 aliphatic carbocycles. The minimum Gasteiger partial charge on any atom is -0.313 e. The smallest absolute Gasteiger partial charge is 0.313 e. The van der Waals surface area contributed by atoms with Crippen LogP contribution in [-0.4, -0.2) is 9.97 Å². The van der Waals surface area contributed by atoms with Gasteiger partial charge in [-0.15, -0.1) is 0 Å². The van der Waals surface area contributed by atoms with Crippen LogP contribution in [-0.2, 0) is 5.41 Å².